The number of carbonyl (C=O) groups is 1. The van der Waals surface area contributed by atoms with Crippen molar-refractivity contribution in [3.8, 4) is 6.07 Å². The highest BCUT2D eigenvalue weighted by Crippen LogP contribution is 2.39. The quantitative estimate of drug-likeness (QED) is 0.872. The molecule has 1 aromatic carbocycles. The van der Waals surface area contributed by atoms with E-state index >= 15 is 0 Å². The molecule has 0 radical (unpaired) electrons. The van der Waals surface area contributed by atoms with Crippen LogP contribution in [0.4, 0.5) is 4.39 Å². The average molecular weight is 289 g/mol. The number of nitrogens with one attached hydrogen (secondary N) is 1. The predicted octanol–water partition coefficient (Wildman–Crippen LogP) is 2.07. The van der Waals surface area contributed by atoms with Crippen molar-refractivity contribution in [2.45, 2.75) is 31.8 Å². The van der Waals surface area contributed by atoms with Gasteiger partial charge < -0.3 is 5.32 Å². The monoisotopic (exact) mass is 289 g/mol. The number of likely N-dealkylation sites (N-methyl/N-ethyl adjacent to an activating group) is 1. The van der Waals surface area contributed by atoms with Gasteiger partial charge in [0, 0.05) is 6.54 Å². The fourth-order valence-corrected chi connectivity index (χ4v) is 2.41. The van der Waals surface area contributed by atoms with Gasteiger partial charge >= 0.3 is 0 Å². The number of nitrogens with zero attached hydrogens (tertiary/aromatic N) is 2. The van der Waals surface area contributed by atoms with Gasteiger partial charge in [0.1, 0.15) is 11.4 Å². The number of nitriles is 1. The third kappa shape index (κ3) is 4.27. The summed E-state index contributed by atoms with van der Waals surface area (Å²) in [7, 11) is 1.82. The van der Waals surface area contributed by atoms with Crippen LogP contribution in [-0.2, 0) is 11.3 Å². The summed E-state index contributed by atoms with van der Waals surface area (Å²) >= 11 is 0. The zero-order valence-corrected chi connectivity index (χ0v) is 12.4. The molecule has 1 N–H and O–H groups in total. The second-order valence-electron chi connectivity index (χ2n) is 5.94. The molecule has 2 rings (SSSR count). The van der Waals surface area contributed by atoms with Gasteiger partial charge in [-0.2, -0.15) is 5.26 Å². The minimum atomic E-state index is -0.756. The van der Waals surface area contributed by atoms with Gasteiger partial charge in [-0.3, -0.25) is 9.69 Å². The fraction of sp³-hybridized carbons (Fsp3) is 0.500. The third-order valence-corrected chi connectivity index (χ3v) is 3.80. The molecule has 0 spiro atoms. The van der Waals surface area contributed by atoms with E-state index in [0.717, 1.165) is 18.4 Å². The summed E-state index contributed by atoms with van der Waals surface area (Å²) in [5.74, 6) is -0.155. The summed E-state index contributed by atoms with van der Waals surface area (Å²) in [4.78, 5) is 13.9. The van der Waals surface area contributed by atoms with Crippen molar-refractivity contribution in [1.82, 2.24) is 10.2 Å². The Morgan fingerprint density at radius 2 is 2.10 bits per heavy atom. The molecule has 0 bridgehead atoms. The molecule has 1 aromatic rings. The van der Waals surface area contributed by atoms with Crippen molar-refractivity contribution >= 4 is 5.91 Å². The van der Waals surface area contributed by atoms with E-state index < -0.39 is 5.54 Å². The summed E-state index contributed by atoms with van der Waals surface area (Å²) < 4.78 is 12.8. The standard InChI is InChI=1S/C16H20FN3O/c1-16(11-18,13-5-6-13)19-15(21)10-20(2)9-12-3-7-14(17)8-4-12/h3-4,7-8,13H,5-6,9-10H2,1-2H3,(H,19,21)/t16-/m0/s1. The number of rotatable bonds is 6. The molecule has 21 heavy (non-hydrogen) atoms. The second-order valence-corrected chi connectivity index (χ2v) is 5.94. The van der Waals surface area contributed by atoms with Crippen molar-refractivity contribution in [1.29, 1.82) is 5.26 Å². The van der Waals surface area contributed by atoms with Crippen LogP contribution in [0, 0.1) is 23.1 Å². The first-order valence-electron chi connectivity index (χ1n) is 7.08. The van der Waals surface area contributed by atoms with Crippen LogP contribution in [-0.4, -0.2) is 29.9 Å². The largest absolute Gasteiger partial charge is 0.337 e. The predicted molar refractivity (Wildman–Crippen MR) is 77.6 cm³/mol. The molecule has 1 saturated carbocycles. The van der Waals surface area contributed by atoms with Gasteiger partial charge in [-0.05, 0) is 50.4 Å². The highest BCUT2D eigenvalue weighted by atomic mass is 19.1. The maximum absolute atomic E-state index is 12.8. The van der Waals surface area contributed by atoms with Gasteiger partial charge in [-0.25, -0.2) is 4.39 Å². The van der Waals surface area contributed by atoms with Crippen LogP contribution >= 0.6 is 0 Å². The van der Waals surface area contributed by atoms with Gasteiger partial charge in [0.05, 0.1) is 12.6 Å². The smallest absolute Gasteiger partial charge is 0.235 e. The molecule has 0 aliphatic heterocycles. The zero-order chi connectivity index (χ0) is 15.5. The molecule has 112 valence electrons. The second kappa shape index (κ2) is 6.23. The first kappa shape index (κ1) is 15.5. The summed E-state index contributed by atoms with van der Waals surface area (Å²) in [5, 5.41) is 12.1. The van der Waals surface area contributed by atoms with Crippen molar-refractivity contribution in [2.75, 3.05) is 13.6 Å². The molecule has 1 amide bonds. The van der Waals surface area contributed by atoms with Crippen molar-refractivity contribution in [3.63, 3.8) is 0 Å². The first-order chi connectivity index (χ1) is 9.93. The van der Waals surface area contributed by atoms with E-state index in [1.807, 2.05) is 11.9 Å². The summed E-state index contributed by atoms with van der Waals surface area (Å²) in [6, 6.07) is 8.42. The van der Waals surface area contributed by atoms with Crippen LogP contribution in [0.2, 0.25) is 0 Å². The Morgan fingerprint density at radius 1 is 1.48 bits per heavy atom. The summed E-state index contributed by atoms with van der Waals surface area (Å²) in [5.41, 5.74) is 0.185. The van der Waals surface area contributed by atoms with E-state index in [1.165, 1.54) is 12.1 Å². The molecule has 1 fully saturated rings. The van der Waals surface area contributed by atoms with Crippen LogP contribution in [0.1, 0.15) is 25.3 Å². The van der Waals surface area contributed by atoms with Crippen molar-refractivity contribution in [3.05, 3.63) is 35.6 Å². The lowest BCUT2D eigenvalue weighted by Crippen LogP contribution is -2.49. The van der Waals surface area contributed by atoms with E-state index in [0.29, 0.717) is 6.54 Å². The van der Waals surface area contributed by atoms with Gasteiger partial charge in [0.15, 0.2) is 0 Å². The van der Waals surface area contributed by atoms with Crippen molar-refractivity contribution < 1.29 is 9.18 Å². The van der Waals surface area contributed by atoms with E-state index in [4.69, 9.17) is 0 Å². The molecular weight excluding hydrogens is 269 g/mol. The molecule has 5 heteroatoms. The van der Waals surface area contributed by atoms with Gasteiger partial charge in [-0.15, -0.1) is 0 Å². The van der Waals surface area contributed by atoms with Crippen LogP contribution in [0.15, 0.2) is 24.3 Å². The number of hydrogen-bond donors (Lipinski definition) is 1. The van der Waals surface area contributed by atoms with Gasteiger partial charge in [0.25, 0.3) is 0 Å². The average Bonchev–Trinajstić information content (AvgIpc) is 3.25. The molecule has 0 unspecified atom stereocenters. The van der Waals surface area contributed by atoms with E-state index in [-0.39, 0.29) is 24.2 Å². The maximum atomic E-state index is 12.8. The Bertz CT molecular complexity index is 548. The van der Waals surface area contributed by atoms with Crippen LogP contribution in [0.3, 0.4) is 0 Å². The Balaban J connectivity index is 1.84. The molecule has 1 atom stereocenters. The van der Waals surface area contributed by atoms with Crippen LogP contribution < -0.4 is 5.32 Å². The molecule has 1 aliphatic carbocycles. The Kier molecular flexibility index (Phi) is 4.59. The maximum Gasteiger partial charge on any atom is 0.235 e. The molecule has 1 aliphatic rings. The number of hydrogen-bond acceptors (Lipinski definition) is 3. The lowest BCUT2D eigenvalue weighted by atomic mass is 9.98. The summed E-state index contributed by atoms with van der Waals surface area (Å²) in [6.45, 7) is 2.55. The summed E-state index contributed by atoms with van der Waals surface area (Å²) in [6.07, 6.45) is 1.99. The first-order valence-corrected chi connectivity index (χ1v) is 7.08. The molecule has 0 heterocycles. The van der Waals surface area contributed by atoms with E-state index in [2.05, 4.69) is 11.4 Å². The lowest BCUT2D eigenvalue weighted by molar-refractivity contribution is -0.123. The fourth-order valence-electron chi connectivity index (χ4n) is 2.41. The lowest BCUT2D eigenvalue weighted by Gasteiger charge is -2.24. The van der Waals surface area contributed by atoms with E-state index in [1.54, 1.807) is 19.1 Å². The SMILES string of the molecule is CN(CC(=O)N[C@@](C)(C#N)C1CC1)Cc1ccc(F)cc1. The molecule has 0 saturated heterocycles. The van der Waals surface area contributed by atoms with Crippen LogP contribution in [0.25, 0.3) is 0 Å². The third-order valence-electron chi connectivity index (χ3n) is 3.80. The minimum absolute atomic E-state index is 0.157. The van der Waals surface area contributed by atoms with Gasteiger partial charge in [-0.1, -0.05) is 12.1 Å². The molecule has 0 aromatic heterocycles. The zero-order valence-electron chi connectivity index (χ0n) is 12.4. The topological polar surface area (TPSA) is 56.1 Å². The number of halogens is 1. The molecular formula is C16H20FN3O. The number of benzene rings is 1. The Morgan fingerprint density at radius 3 is 2.62 bits per heavy atom. The normalized spacial score (nSPS) is 17.1. The highest BCUT2D eigenvalue weighted by molar-refractivity contribution is 5.79. The number of carbonyl (C=O) groups excluding carboxylic acids is 1. The Hall–Kier alpha value is -1.93. The highest BCUT2D eigenvalue weighted by Gasteiger charge is 2.42. The molecule has 4 nitrogen and oxygen atoms in total. The Labute approximate surface area is 124 Å². The van der Waals surface area contributed by atoms with Crippen LogP contribution in [0.5, 0.6) is 0 Å². The minimum Gasteiger partial charge on any atom is -0.337 e. The van der Waals surface area contributed by atoms with Gasteiger partial charge in [0.2, 0.25) is 5.91 Å². The van der Waals surface area contributed by atoms with Crippen molar-refractivity contribution in [2.24, 2.45) is 5.92 Å². The number of amides is 1. The van der Waals surface area contributed by atoms with E-state index in [9.17, 15) is 14.4 Å².